The SMILES string of the molecule is [2H]C([2H])([2H])c1cc(C)c(-c2cc(C3([2H])CCCCC3)c(C([2H])([2H])[2H])c[n+]2C)cc1-c1ccccc1.[2H]C([2H])([2H])c1cc(C)ccc1-c1cc[n+](C)c(-c2cc(-c3ccccc3)ccc2C)c1.[2H]C([2H])([2H])c1cccc(C([2H])([2H])[2H])c1-c1cc[n+](C)c(-c2cc(-c3ccccc3)ccc2C)c1.[2H]C([2H])([2H])c1ccccc1-c1cc[n+](C)c(-c2cc(-c3ccccc3)ccc2C)c1. The van der Waals surface area contributed by atoms with Crippen molar-refractivity contribution in [3.63, 3.8) is 0 Å². The van der Waals surface area contributed by atoms with Crippen LogP contribution in [0.15, 0.2) is 316 Å². The van der Waals surface area contributed by atoms with E-state index in [0.717, 1.165) is 131 Å². The van der Waals surface area contributed by atoms with Gasteiger partial charge in [0.2, 0.25) is 22.8 Å². The normalized spacial score (nSPS) is 15.4. The van der Waals surface area contributed by atoms with E-state index >= 15 is 0 Å². The average molecular weight is 1470 g/mol. The molecule has 1 fully saturated rings. The van der Waals surface area contributed by atoms with Crippen molar-refractivity contribution in [1.29, 1.82) is 0 Å². The number of hydrogen-bond donors (Lipinski definition) is 0. The van der Waals surface area contributed by atoms with Crippen molar-refractivity contribution in [1.82, 2.24) is 0 Å². The smallest absolute Gasteiger partial charge is 0.201 e. The highest BCUT2D eigenvalue weighted by Crippen LogP contribution is 2.40. The van der Waals surface area contributed by atoms with Crippen molar-refractivity contribution in [2.24, 2.45) is 28.2 Å². The van der Waals surface area contributed by atoms with Crippen LogP contribution < -0.4 is 18.3 Å². The summed E-state index contributed by atoms with van der Waals surface area (Å²) in [6.45, 7) is -3.77. The molecule has 1 saturated carbocycles. The van der Waals surface area contributed by atoms with Crippen molar-refractivity contribution < 1.29 is 44.3 Å². The lowest BCUT2D eigenvalue weighted by molar-refractivity contribution is -0.660. The number of aromatic nitrogens is 4. The molecule has 0 bridgehead atoms. The Labute approximate surface area is 688 Å². The molecule has 0 amide bonds. The fourth-order valence-electron chi connectivity index (χ4n) is 14.9. The lowest BCUT2D eigenvalue weighted by Gasteiger charge is -2.23. The lowest BCUT2D eigenvalue weighted by Crippen LogP contribution is -2.32. The summed E-state index contributed by atoms with van der Waals surface area (Å²) in [6.07, 6.45) is 11.6. The highest BCUT2D eigenvalue weighted by Gasteiger charge is 2.25. The minimum atomic E-state index is -2.45. The molecular formula is C107H108N4+4. The molecule has 15 aromatic rings. The Bertz CT molecular complexity index is 6550. The minimum Gasteiger partial charge on any atom is -0.201 e. The van der Waals surface area contributed by atoms with E-state index in [-0.39, 0.29) is 27.8 Å². The van der Waals surface area contributed by atoms with E-state index in [1.165, 1.54) is 40.5 Å². The standard InChI is InChI=1S/C27H32N.2C27H26N.C26H24N/c1-19-15-20(2)26(16-24(19)22-11-7-5-8-12-22)27-17-25(21(3)18-28(27)4)23-13-9-6-10-14-23;1-19-13-14-23(22-11-6-5-7-12-22)17-25(19)26-18-24(15-16-28(26)4)27-20(2)9-8-10-21(27)3;1-19-10-13-25(21(3)16-19)24-14-15-28(4)27(18-24)26-17-23(12-11-20(26)2)22-8-6-5-7-9-22;1-19-9-7-8-12-24(19)23-15-16-27(3)26(18-23)25-17-22(14-13-20(25)2)21-10-5-4-6-11-21/h5,7-8,11-12,15-18,23H,6,9-10,13-14H2,1-4H3;2*5-18H,1-4H3;4-18H,1-3H3/q4*+1/i1D3,3D3,23D;2D3,3D3;3D3;1D3. The van der Waals surface area contributed by atoms with Crippen LogP contribution >= 0.6 is 0 Å². The van der Waals surface area contributed by atoms with E-state index in [1.807, 2.05) is 212 Å². The molecule has 0 atom stereocenters. The number of aryl methyl sites for hydroxylation is 15. The van der Waals surface area contributed by atoms with Gasteiger partial charge in [-0.05, 0) is 252 Å². The molecule has 0 aliphatic heterocycles. The lowest BCUT2D eigenvalue weighted by atomic mass is 9.82. The summed E-state index contributed by atoms with van der Waals surface area (Å²) in [6, 6.07) is 94.1. The maximum absolute atomic E-state index is 9.22. The van der Waals surface area contributed by atoms with Crippen molar-refractivity contribution in [2.45, 2.75) is 114 Å². The first kappa shape index (κ1) is 56.3. The summed E-state index contributed by atoms with van der Waals surface area (Å²) in [5.74, 6) is -0.945. The zero-order valence-corrected chi connectivity index (χ0v) is 64.8. The molecule has 0 saturated heterocycles. The molecule has 4 heteroatoms. The highest BCUT2D eigenvalue weighted by atomic mass is 14.9. The van der Waals surface area contributed by atoms with Gasteiger partial charge in [-0.1, -0.05) is 249 Å². The highest BCUT2D eigenvalue weighted by molar-refractivity contribution is 5.81. The molecule has 0 N–H and O–H groups in total. The fourth-order valence-corrected chi connectivity index (χ4v) is 14.9. The zero-order valence-electron chi connectivity index (χ0n) is 83.8. The van der Waals surface area contributed by atoms with E-state index in [9.17, 15) is 1.37 Å². The van der Waals surface area contributed by atoms with Crippen LogP contribution in [0.4, 0.5) is 0 Å². The summed E-state index contributed by atoms with van der Waals surface area (Å²) in [4.78, 5) is 0. The van der Waals surface area contributed by atoms with Gasteiger partial charge in [0.25, 0.3) is 0 Å². The molecular weight excluding hydrogens is 1340 g/mol. The van der Waals surface area contributed by atoms with E-state index in [0.29, 0.717) is 40.7 Å². The van der Waals surface area contributed by atoms with E-state index in [4.69, 9.17) is 24.7 Å². The van der Waals surface area contributed by atoms with Crippen LogP contribution in [0.1, 0.15) is 131 Å². The van der Waals surface area contributed by atoms with Crippen molar-refractivity contribution in [3.05, 3.63) is 383 Å². The molecule has 4 nitrogen and oxygen atoms in total. The van der Waals surface area contributed by atoms with Gasteiger partial charge in [0, 0.05) is 96.3 Å². The molecule has 1 aliphatic carbocycles. The molecule has 0 radical (unpaired) electrons. The molecule has 1 aliphatic rings. The summed E-state index contributed by atoms with van der Waals surface area (Å²) in [5, 5.41) is 0. The van der Waals surface area contributed by atoms with Gasteiger partial charge in [-0.15, -0.1) is 0 Å². The first-order valence-electron chi connectivity index (χ1n) is 47.5. The number of pyridine rings is 4. The van der Waals surface area contributed by atoms with Crippen LogP contribution in [0.25, 0.3) is 123 Å². The van der Waals surface area contributed by atoms with Crippen LogP contribution in [-0.4, -0.2) is 0 Å². The van der Waals surface area contributed by atoms with Crippen LogP contribution in [0.5, 0.6) is 0 Å². The second-order valence-electron chi connectivity index (χ2n) is 29.1. The predicted molar refractivity (Wildman–Crippen MR) is 468 cm³/mol. The largest absolute Gasteiger partial charge is 0.213 e. The van der Waals surface area contributed by atoms with Gasteiger partial charge >= 0.3 is 0 Å². The molecule has 552 valence electrons. The van der Waals surface area contributed by atoms with Crippen LogP contribution in [-0.2, 0) is 28.2 Å². The molecule has 4 heterocycles. The monoisotopic (exact) mass is 1470 g/mol. The zero-order chi connectivity index (χ0) is 93.7. The second-order valence-corrected chi connectivity index (χ2v) is 29.1. The maximum atomic E-state index is 9.22. The quantitative estimate of drug-likeness (QED) is 0.108. The summed E-state index contributed by atoms with van der Waals surface area (Å²) >= 11 is 0. The van der Waals surface area contributed by atoms with Crippen molar-refractivity contribution in [2.75, 3.05) is 0 Å². The fraction of sp³-hybridized carbons (Fsp3) is 0.196. The molecule has 4 aromatic heterocycles. The average Bonchev–Trinajstić information content (AvgIpc) is 0.729. The Morgan fingerprint density at radius 3 is 1.13 bits per heavy atom. The van der Waals surface area contributed by atoms with Crippen molar-refractivity contribution in [3.8, 4) is 123 Å². The van der Waals surface area contributed by atoms with Gasteiger partial charge in [-0.25, -0.2) is 18.3 Å². The Balaban J connectivity index is 0.000000148. The van der Waals surface area contributed by atoms with Gasteiger partial charge in [-0.3, -0.25) is 0 Å². The first-order chi connectivity index (χ1) is 61.4. The topological polar surface area (TPSA) is 15.5 Å². The predicted octanol–water partition coefficient (Wildman–Crippen LogP) is 25.8. The van der Waals surface area contributed by atoms with Crippen LogP contribution in [0.2, 0.25) is 0 Å². The number of hydrogen-bond acceptors (Lipinski definition) is 0. The molecule has 0 spiro atoms. The van der Waals surface area contributed by atoms with Crippen LogP contribution in [0.3, 0.4) is 0 Å². The Morgan fingerprint density at radius 2 is 0.649 bits per heavy atom. The van der Waals surface area contributed by atoms with E-state index < -0.39 is 47.0 Å². The van der Waals surface area contributed by atoms with Crippen molar-refractivity contribution >= 4 is 0 Å². The van der Waals surface area contributed by atoms with Crippen LogP contribution in [0, 0.1) is 75.7 Å². The third kappa shape index (κ3) is 18.0. The molecule has 11 aromatic carbocycles. The van der Waals surface area contributed by atoms with Gasteiger partial charge in [-0.2, -0.15) is 0 Å². The first-order valence-corrected chi connectivity index (χ1v) is 38.0. The summed E-state index contributed by atoms with van der Waals surface area (Å²) in [5.41, 5.74) is 27.3. The van der Waals surface area contributed by atoms with Gasteiger partial charge < -0.3 is 0 Å². The Morgan fingerprint density at radius 1 is 0.252 bits per heavy atom. The summed E-state index contributed by atoms with van der Waals surface area (Å²) < 4.78 is 162. The molecule has 16 rings (SSSR count). The molecule has 0 unspecified atom stereocenters. The van der Waals surface area contributed by atoms with E-state index in [1.54, 1.807) is 41.1 Å². The summed E-state index contributed by atoms with van der Waals surface area (Å²) in [7, 11) is 7.77. The third-order valence-electron chi connectivity index (χ3n) is 21.2. The number of benzene rings is 11. The second kappa shape index (κ2) is 35.1. The van der Waals surface area contributed by atoms with E-state index in [2.05, 4.69) is 126 Å². The Hall–Kier alpha value is -12.0. The molecule has 111 heavy (non-hydrogen) atoms. The van der Waals surface area contributed by atoms with Gasteiger partial charge in [0.15, 0.2) is 24.8 Å². The maximum Gasteiger partial charge on any atom is 0.213 e. The minimum absolute atomic E-state index is 0.0377. The van der Waals surface area contributed by atoms with Gasteiger partial charge in [0.1, 0.15) is 28.2 Å². The third-order valence-corrected chi connectivity index (χ3v) is 21.2. The van der Waals surface area contributed by atoms with Gasteiger partial charge in [0.05, 0.1) is 0 Å². The number of rotatable bonds is 12. The number of nitrogens with zero attached hydrogens (tertiary/aromatic N) is 4. The Kier molecular flexibility index (Phi) is 17.8.